The molecule has 0 fully saturated rings. The van der Waals surface area contributed by atoms with E-state index in [1.165, 1.54) is 13.2 Å². The van der Waals surface area contributed by atoms with Gasteiger partial charge in [0.15, 0.2) is 11.6 Å². The van der Waals surface area contributed by atoms with Gasteiger partial charge in [0.25, 0.3) is 0 Å². The molecule has 1 aromatic rings. The number of benzene rings is 1. The minimum Gasteiger partial charge on any atom is -0.494 e. The van der Waals surface area contributed by atoms with Crippen molar-refractivity contribution in [3.05, 3.63) is 42.2 Å². The lowest BCUT2D eigenvalue weighted by Crippen LogP contribution is -2.15. The first-order chi connectivity index (χ1) is 7.22. The summed E-state index contributed by atoms with van der Waals surface area (Å²) in [5.41, 5.74) is 0.899. The number of halogens is 1. The van der Waals surface area contributed by atoms with Crippen LogP contribution in [0.3, 0.4) is 0 Å². The van der Waals surface area contributed by atoms with E-state index in [4.69, 9.17) is 4.74 Å². The molecule has 0 aromatic heterocycles. The molecule has 15 heavy (non-hydrogen) atoms. The van der Waals surface area contributed by atoms with Gasteiger partial charge in [-0.15, -0.1) is 6.58 Å². The lowest BCUT2D eigenvalue weighted by Gasteiger charge is -2.15. The number of hydrogen-bond donors (Lipinski definition) is 1. The molecule has 1 atom stereocenters. The van der Waals surface area contributed by atoms with Crippen molar-refractivity contribution in [2.75, 3.05) is 14.2 Å². The first-order valence-electron chi connectivity index (χ1n) is 4.84. The predicted octanol–water partition coefficient (Wildman–Crippen LogP) is 2.67. The normalized spacial score (nSPS) is 12.2. The van der Waals surface area contributed by atoms with Crippen LogP contribution in [-0.4, -0.2) is 14.2 Å². The molecule has 0 bridgehead atoms. The van der Waals surface area contributed by atoms with Crippen LogP contribution in [0.1, 0.15) is 18.0 Å². The Morgan fingerprint density at radius 2 is 2.33 bits per heavy atom. The minimum absolute atomic E-state index is 0.0999. The van der Waals surface area contributed by atoms with E-state index in [0.717, 1.165) is 12.0 Å². The summed E-state index contributed by atoms with van der Waals surface area (Å²) in [6.45, 7) is 3.67. The molecule has 2 nitrogen and oxygen atoms in total. The van der Waals surface area contributed by atoms with Gasteiger partial charge >= 0.3 is 0 Å². The third-order valence-electron chi connectivity index (χ3n) is 2.33. The Bertz CT molecular complexity index is 338. The van der Waals surface area contributed by atoms with Crippen molar-refractivity contribution >= 4 is 0 Å². The summed E-state index contributed by atoms with van der Waals surface area (Å²) in [5, 5.41) is 3.11. The van der Waals surface area contributed by atoms with Gasteiger partial charge in [-0.3, -0.25) is 0 Å². The second kappa shape index (κ2) is 5.51. The van der Waals surface area contributed by atoms with Crippen LogP contribution in [0.15, 0.2) is 30.9 Å². The molecule has 0 aliphatic carbocycles. The van der Waals surface area contributed by atoms with Gasteiger partial charge in [-0.05, 0) is 31.2 Å². The van der Waals surface area contributed by atoms with E-state index in [-0.39, 0.29) is 17.6 Å². The van der Waals surface area contributed by atoms with Crippen LogP contribution in [-0.2, 0) is 0 Å². The molecule has 0 radical (unpaired) electrons. The molecule has 0 aliphatic rings. The average Bonchev–Trinajstić information content (AvgIpc) is 2.25. The van der Waals surface area contributed by atoms with Crippen LogP contribution in [0.2, 0.25) is 0 Å². The van der Waals surface area contributed by atoms with Gasteiger partial charge in [0.2, 0.25) is 0 Å². The maximum atomic E-state index is 13.4. The largest absolute Gasteiger partial charge is 0.494 e. The van der Waals surface area contributed by atoms with Crippen LogP contribution < -0.4 is 10.1 Å². The number of rotatable bonds is 5. The summed E-state index contributed by atoms with van der Waals surface area (Å²) in [4.78, 5) is 0. The van der Waals surface area contributed by atoms with Gasteiger partial charge < -0.3 is 10.1 Å². The maximum absolute atomic E-state index is 13.4. The van der Waals surface area contributed by atoms with Gasteiger partial charge in [0.1, 0.15) is 0 Å². The number of ether oxygens (including phenoxy) is 1. The zero-order chi connectivity index (χ0) is 11.3. The molecule has 1 unspecified atom stereocenters. The van der Waals surface area contributed by atoms with E-state index in [1.54, 1.807) is 6.07 Å². The highest BCUT2D eigenvalue weighted by Gasteiger charge is 2.10. The van der Waals surface area contributed by atoms with Crippen LogP contribution in [0.5, 0.6) is 5.75 Å². The van der Waals surface area contributed by atoms with Crippen molar-refractivity contribution in [2.24, 2.45) is 0 Å². The van der Waals surface area contributed by atoms with Crippen LogP contribution >= 0.6 is 0 Å². The molecule has 0 heterocycles. The Balaban J connectivity index is 2.94. The molecular weight excluding hydrogens is 193 g/mol. The Hall–Kier alpha value is -1.35. The number of nitrogens with one attached hydrogen (secondary N) is 1. The molecule has 82 valence electrons. The molecule has 0 saturated carbocycles. The topological polar surface area (TPSA) is 21.3 Å². The van der Waals surface area contributed by atoms with Crippen molar-refractivity contribution in [2.45, 2.75) is 12.5 Å². The summed E-state index contributed by atoms with van der Waals surface area (Å²) in [7, 11) is 3.30. The molecule has 0 aliphatic heterocycles. The summed E-state index contributed by atoms with van der Waals surface area (Å²) >= 11 is 0. The van der Waals surface area contributed by atoms with E-state index in [9.17, 15) is 4.39 Å². The second-order valence-electron chi connectivity index (χ2n) is 3.26. The quantitative estimate of drug-likeness (QED) is 0.753. The summed E-state index contributed by atoms with van der Waals surface area (Å²) in [5.74, 6) is -0.0634. The smallest absolute Gasteiger partial charge is 0.165 e. The molecule has 3 heteroatoms. The average molecular weight is 209 g/mol. The van der Waals surface area contributed by atoms with Crippen molar-refractivity contribution < 1.29 is 9.13 Å². The monoisotopic (exact) mass is 209 g/mol. The summed E-state index contributed by atoms with van der Waals surface area (Å²) in [6, 6.07) is 5.08. The van der Waals surface area contributed by atoms with E-state index in [1.807, 2.05) is 19.2 Å². The van der Waals surface area contributed by atoms with E-state index < -0.39 is 0 Å². The van der Waals surface area contributed by atoms with E-state index in [0.29, 0.717) is 0 Å². The molecular formula is C12H16FNO. The highest BCUT2D eigenvalue weighted by molar-refractivity contribution is 5.31. The zero-order valence-corrected chi connectivity index (χ0v) is 9.09. The van der Waals surface area contributed by atoms with Gasteiger partial charge in [0.05, 0.1) is 7.11 Å². The Kier molecular flexibility index (Phi) is 4.31. The van der Waals surface area contributed by atoms with Gasteiger partial charge in [-0.1, -0.05) is 12.1 Å². The molecule has 0 spiro atoms. The predicted molar refractivity (Wildman–Crippen MR) is 59.6 cm³/mol. The third kappa shape index (κ3) is 2.80. The SMILES string of the molecule is C=CCC(NC)c1ccc(OC)c(F)c1. The van der Waals surface area contributed by atoms with Crippen molar-refractivity contribution in [3.63, 3.8) is 0 Å². The second-order valence-corrected chi connectivity index (χ2v) is 3.26. The van der Waals surface area contributed by atoms with Crippen molar-refractivity contribution in [1.29, 1.82) is 0 Å². The van der Waals surface area contributed by atoms with Crippen molar-refractivity contribution in [3.8, 4) is 5.75 Å². The highest BCUT2D eigenvalue weighted by Crippen LogP contribution is 2.23. The maximum Gasteiger partial charge on any atom is 0.165 e. The first kappa shape index (κ1) is 11.7. The van der Waals surface area contributed by atoms with Gasteiger partial charge in [0, 0.05) is 6.04 Å². The van der Waals surface area contributed by atoms with Gasteiger partial charge in [-0.25, -0.2) is 4.39 Å². The molecule has 1 aromatic carbocycles. The Labute approximate surface area is 89.8 Å². The lowest BCUT2D eigenvalue weighted by atomic mass is 10.0. The summed E-state index contributed by atoms with van der Waals surface area (Å²) in [6.07, 6.45) is 2.57. The fraction of sp³-hybridized carbons (Fsp3) is 0.333. The third-order valence-corrected chi connectivity index (χ3v) is 2.33. The fourth-order valence-electron chi connectivity index (χ4n) is 1.49. The van der Waals surface area contributed by atoms with E-state index in [2.05, 4.69) is 11.9 Å². The fourth-order valence-corrected chi connectivity index (χ4v) is 1.49. The highest BCUT2D eigenvalue weighted by atomic mass is 19.1. The molecule has 0 saturated heterocycles. The zero-order valence-electron chi connectivity index (χ0n) is 9.09. The molecule has 0 amide bonds. The molecule has 1 N–H and O–H groups in total. The number of hydrogen-bond acceptors (Lipinski definition) is 2. The van der Waals surface area contributed by atoms with Crippen LogP contribution in [0, 0.1) is 5.82 Å². The van der Waals surface area contributed by atoms with Crippen LogP contribution in [0.4, 0.5) is 4.39 Å². The van der Waals surface area contributed by atoms with Crippen LogP contribution in [0.25, 0.3) is 0 Å². The minimum atomic E-state index is -0.334. The Morgan fingerprint density at radius 3 is 2.80 bits per heavy atom. The van der Waals surface area contributed by atoms with E-state index >= 15 is 0 Å². The Morgan fingerprint density at radius 1 is 1.60 bits per heavy atom. The van der Waals surface area contributed by atoms with Gasteiger partial charge in [-0.2, -0.15) is 0 Å². The standard InChI is InChI=1S/C12H16FNO/c1-4-5-11(14-2)9-6-7-12(15-3)10(13)8-9/h4,6-8,11,14H,1,5H2,2-3H3. The lowest BCUT2D eigenvalue weighted by molar-refractivity contribution is 0.385. The van der Waals surface area contributed by atoms with Crippen molar-refractivity contribution in [1.82, 2.24) is 5.32 Å². The summed E-state index contributed by atoms with van der Waals surface area (Å²) < 4.78 is 18.3. The number of methoxy groups -OCH3 is 1. The molecule has 1 rings (SSSR count). The first-order valence-corrected chi connectivity index (χ1v) is 4.84.